The summed E-state index contributed by atoms with van der Waals surface area (Å²) in [7, 11) is 0. The zero-order chi connectivity index (χ0) is 13.0. The lowest BCUT2D eigenvalue weighted by Crippen LogP contribution is -1.72. The van der Waals surface area contributed by atoms with Gasteiger partial charge >= 0.3 is 0 Å². The number of benzene rings is 1. The molecule has 0 amide bonds. The molecule has 4 rings (SSSR count). The first-order chi connectivity index (χ1) is 9.20. The lowest BCUT2D eigenvalue weighted by molar-refractivity contribution is 0.401. The van der Waals surface area contributed by atoms with E-state index in [0.717, 1.165) is 14.9 Å². The van der Waals surface area contributed by atoms with Gasteiger partial charge in [-0.3, -0.25) is 0 Å². The van der Waals surface area contributed by atoms with Crippen molar-refractivity contribution in [3.63, 3.8) is 0 Å². The summed E-state index contributed by atoms with van der Waals surface area (Å²) in [4.78, 5) is 2.05. The first-order valence-corrected chi connectivity index (χ1v) is 10.5. The second kappa shape index (κ2) is 4.99. The van der Waals surface area contributed by atoms with Gasteiger partial charge in [0.05, 0.1) is 16.9 Å². The quantitative estimate of drug-likeness (QED) is 0.589. The van der Waals surface area contributed by atoms with Crippen LogP contribution in [0, 0.1) is 0 Å². The third-order valence-corrected chi connectivity index (χ3v) is 11.2. The fourth-order valence-corrected chi connectivity index (χ4v) is 10.9. The number of aromatic hydroxyl groups is 2. The highest BCUT2D eigenvalue weighted by molar-refractivity contribution is 8.46. The van der Waals surface area contributed by atoms with Crippen LogP contribution < -0.4 is 0 Å². The molecule has 2 nitrogen and oxygen atoms in total. The van der Waals surface area contributed by atoms with Crippen molar-refractivity contribution in [3.8, 4) is 11.5 Å². The Balaban J connectivity index is 1.64. The van der Waals surface area contributed by atoms with E-state index in [-0.39, 0.29) is 11.5 Å². The monoisotopic (exact) mass is 362 g/mol. The Labute approximate surface area is 135 Å². The minimum absolute atomic E-state index is 0.0449. The third-order valence-electron chi connectivity index (χ3n) is 2.53. The van der Waals surface area contributed by atoms with Gasteiger partial charge in [0.15, 0.2) is 11.5 Å². The Morgan fingerprint density at radius 2 is 1.16 bits per heavy atom. The predicted octanol–water partition coefficient (Wildman–Crippen LogP) is 5.47. The number of phenolic OH excluding ortho intramolecular Hbond substituents is 2. The molecule has 0 saturated carbocycles. The van der Waals surface area contributed by atoms with Crippen molar-refractivity contribution in [1.82, 2.24) is 0 Å². The second-order valence-electron chi connectivity index (χ2n) is 3.75. The normalized spacial score (nSPS) is 21.3. The molecule has 0 aliphatic carbocycles. The zero-order valence-electron chi connectivity index (χ0n) is 9.21. The van der Waals surface area contributed by atoms with E-state index >= 15 is 0 Å². The summed E-state index contributed by atoms with van der Waals surface area (Å²) in [5.74, 6) is -0.0897. The molecule has 0 spiro atoms. The molecule has 3 aliphatic heterocycles. The van der Waals surface area contributed by atoms with Crippen LogP contribution in [-0.2, 0) is 0 Å². The minimum atomic E-state index is -0.0449. The van der Waals surface area contributed by atoms with E-state index < -0.39 is 0 Å². The zero-order valence-corrected chi connectivity index (χ0v) is 14.1. The average Bonchev–Trinajstić information content (AvgIpc) is 3.01. The highest BCUT2D eigenvalue weighted by atomic mass is 32.3. The van der Waals surface area contributed by atoms with Gasteiger partial charge in [0.25, 0.3) is 0 Å². The molecule has 8 heteroatoms. The highest BCUT2D eigenvalue weighted by Gasteiger charge is 2.32. The predicted molar refractivity (Wildman–Crippen MR) is 90.8 cm³/mol. The van der Waals surface area contributed by atoms with Gasteiger partial charge < -0.3 is 10.2 Å². The molecule has 0 saturated heterocycles. The minimum Gasteiger partial charge on any atom is -0.504 e. The third kappa shape index (κ3) is 2.30. The Morgan fingerprint density at radius 1 is 0.684 bits per heavy atom. The van der Waals surface area contributed by atoms with Crippen molar-refractivity contribution in [1.29, 1.82) is 0 Å². The van der Waals surface area contributed by atoms with Crippen molar-refractivity contribution in [2.24, 2.45) is 0 Å². The highest BCUT2D eigenvalue weighted by Crippen LogP contribution is 2.67. The van der Waals surface area contributed by atoms with Crippen LogP contribution in [0.4, 0.5) is 0 Å². The van der Waals surface area contributed by atoms with E-state index in [1.807, 2.05) is 47.0 Å². The van der Waals surface area contributed by atoms with E-state index in [1.54, 1.807) is 35.7 Å². The molecular weight excluding hydrogens is 357 g/mol. The number of hydrogen-bond donors (Lipinski definition) is 2. The van der Waals surface area contributed by atoms with E-state index in [2.05, 4.69) is 0 Å². The Kier molecular flexibility index (Phi) is 3.44. The molecule has 3 aliphatic rings. The maximum absolute atomic E-state index is 9.55. The molecular formula is C11H6O2S6. The van der Waals surface area contributed by atoms with Crippen LogP contribution in [0.1, 0.15) is 0 Å². The fraction of sp³-hybridized carbons (Fsp3) is 0.0909. The van der Waals surface area contributed by atoms with Crippen molar-refractivity contribution in [2.45, 2.75) is 9.79 Å². The molecule has 0 radical (unpaired) electrons. The van der Waals surface area contributed by atoms with E-state index in [0.29, 0.717) is 0 Å². The number of rotatable bonds is 0. The van der Waals surface area contributed by atoms with Gasteiger partial charge in [-0.15, -0.1) is 23.5 Å². The number of fused-ring (bicyclic) bond motifs is 1. The van der Waals surface area contributed by atoms with Gasteiger partial charge in [-0.1, -0.05) is 47.0 Å². The molecule has 3 heterocycles. The molecule has 19 heavy (non-hydrogen) atoms. The Hall–Kier alpha value is 0.400. The van der Waals surface area contributed by atoms with Gasteiger partial charge in [0.2, 0.25) is 0 Å². The fourth-order valence-electron chi connectivity index (χ4n) is 1.67. The van der Waals surface area contributed by atoms with E-state index in [4.69, 9.17) is 0 Å². The Bertz CT molecular complexity index is 600. The summed E-state index contributed by atoms with van der Waals surface area (Å²) in [6.07, 6.45) is 0. The second-order valence-corrected chi connectivity index (χ2v) is 11.3. The molecule has 0 aromatic heterocycles. The lowest BCUT2D eigenvalue weighted by Gasteiger charge is -2.02. The molecule has 0 unspecified atom stereocenters. The van der Waals surface area contributed by atoms with Crippen molar-refractivity contribution >= 4 is 70.6 Å². The maximum Gasteiger partial charge on any atom is 0.158 e. The van der Waals surface area contributed by atoms with Crippen LogP contribution in [0.2, 0.25) is 0 Å². The topological polar surface area (TPSA) is 40.5 Å². The standard InChI is InChI=1S/C11H6O2S6/c12-4-1-6-7(2-5(4)13)17-10(16-6)11-18-8-9(19-11)15-3-14-8/h1-2,12-13H,3H2. The summed E-state index contributed by atoms with van der Waals surface area (Å²) in [5, 5.41) is 20.2. The SMILES string of the molecule is Oc1cc2c(cc1O)SC(=C1SC3=C(SCS3)S1)S2. The van der Waals surface area contributed by atoms with Gasteiger partial charge in [-0.25, -0.2) is 0 Å². The first-order valence-electron chi connectivity index (χ1n) is 5.22. The molecule has 0 fully saturated rings. The number of hydrogen-bond acceptors (Lipinski definition) is 8. The van der Waals surface area contributed by atoms with Crippen molar-refractivity contribution in [3.05, 3.63) is 29.1 Å². The smallest absolute Gasteiger partial charge is 0.158 e. The number of thioether (sulfide) groups is 6. The van der Waals surface area contributed by atoms with Crippen molar-refractivity contribution < 1.29 is 10.2 Å². The largest absolute Gasteiger partial charge is 0.504 e. The van der Waals surface area contributed by atoms with Crippen LogP contribution in [0.25, 0.3) is 0 Å². The van der Waals surface area contributed by atoms with Gasteiger partial charge in [-0.05, 0) is 12.1 Å². The summed E-state index contributed by atoms with van der Waals surface area (Å²) in [5.41, 5.74) is 0. The molecule has 0 bridgehead atoms. The van der Waals surface area contributed by atoms with Crippen LogP contribution in [0.5, 0.6) is 11.5 Å². The summed E-state index contributed by atoms with van der Waals surface area (Å²) < 4.78 is 5.45. The molecule has 2 N–H and O–H groups in total. The van der Waals surface area contributed by atoms with Crippen LogP contribution in [0.15, 0.2) is 38.9 Å². The lowest BCUT2D eigenvalue weighted by atomic mass is 10.3. The average molecular weight is 363 g/mol. The van der Waals surface area contributed by atoms with Gasteiger partial charge in [0, 0.05) is 14.9 Å². The molecule has 98 valence electrons. The number of phenols is 2. The molecule has 1 aromatic carbocycles. The van der Waals surface area contributed by atoms with Crippen LogP contribution in [0.3, 0.4) is 0 Å². The first kappa shape index (κ1) is 13.1. The summed E-state index contributed by atoms with van der Waals surface area (Å²) in [6.45, 7) is 0. The van der Waals surface area contributed by atoms with Crippen molar-refractivity contribution in [2.75, 3.05) is 5.08 Å². The van der Waals surface area contributed by atoms with Crippen LogP contribution >= 0.6 is 70.6 Å². The van der Waals surface area contributed by atoms with Gasteiger partial charge in [-0.2, -0.15) is 0 Å². The maximum atomic E-state index is 9.55. The van der Waals surface area contributed by atoms with E-state index in [1.165, 1.54) is 16.9 Å². The summed E-state index contributed by atoms with van der Waals surface area (Å²) in [6, 6.07) is 3.29. The van der Waals surface area contributed by atoms with Gasteiger partial charge in [0.1, 0.15) is 0 Å². The van der Waals surface area contributed by atoms with E-state index in [9.17, 15) is 10.2 Å². The molecule has 1 aromatic rings. The summed E-state index contributed by atoms with van der Waals surface area (Å²) >= 11 is 10.9. The van der Waals surface area contributed by atoms with Crippen LogP contribution in [-0.4, -0.2) is 15.3 Å². The Morgan fingerprint density at radius 3 is 1.68 bits per heavy atom. The molecule has 0 atom stereocenters.